The van der Waals surface area contributed by atoms with E-state index in [0.717, 1.165) is 49.9 Å². The lowest BCUT2D eigenvalue weighted by Gasteiger charge is -2.34. The molecule has 2 amide bonds. The van der Waals surface area contributed by atoms with E-state index >= 15 is 0 Å². The number of hydrogen-bond acceptors (Lipinski definition) is 2. The molecular weight excluding hydrogens is 288 g/mol. The standard InChI is InChI=1S/C19H26N2O2/c1-13-6-7-16(12-14(13)2)19(23)21-10-8-17(9-11-21)20-18(22)15-4-3-5-15/h6-7,12,15,17H,3-5,8-11H2,1-2H3,(H,20,22). The summed E-state index contributed by atoms with van der Waals surface area (Å²) in [4.78, 5) is 26.5. The van der Waals surface area contributed by atoms with Crippen LogP contribution in [-0.4, -0.2) is 35.8 Å². The molecule has 1 aliphatic heterocycles. The van der Waals surface area contributed by atoms with Crippen LogP contribution in [0, 0.1) is 19.8 Å². The van der Waals surface area contributed by atoms with Gasteiger partial charge in [0.1, 0.15) is 0 Å². The number of carbonyl (C=O) groups excluding carboxylic acids is 2. The Bertz CT molecular complexity index is 599. The third-order valence-corrected chi connectivity index (χ3v) is 5.36. The molecule has 0 radical (unpaired) electrons. The first-order valence-electron chi connectivity index (χ1n) is 8.71. The van der Waals surface area contributed by atoms with Crippen LogP contribution in [0.3, 0.4) is 0 Å². The second-order valence-electron chi connectivity index (χ2n) is 7.00. The second-order valence-corrected chi connectivity index (χ2v) is 7.00. The highest BCUT2D eigenvalue weighted by atomic mass is 16.2. The molecule has 2 aliphatic rings. The van der Waals surface area contributed by atoms with E-state index in [1.165, 1.54) is 12.0 Å². The normalized spacial score (nSPS) is 19.3. The lowest BCUT2D eigenvalue weighted by atomic mass is 9.84. The van der Waals surface area contributed by atoms with Gasteiger partial charge < -0.3 is 10.2 Å². The molecule has 0 unspecified atom stereocenters. The van der Waals surface area contributed by atoms with Crippen molar-refractivity contribution in [3.05, 3.63) is 34.9 Å². The van der Waals surface area contributed by atoms with Gasteiger partial charge in [0, 0.05) is 30.6 Å². The van der Waals surface area contributed by atoms with Gasteiger partial charge in [0.15, 0.2) is 0 Å². The number of carbonyl (C=O) groups is 2. The SMILES string of the molecule is Cc1ccc(C(=O)N2CCC(NC(=O)C3CCC3)CC2)cc1C. The van der Waals surface area contributed by atoms with Crippen molar-refractivity contribution < 1.29 is 9.59 Å². The Hall–Kier alpha value is -1.84. The molecule has 124 valence electrons. The summed E-state index contributed by atoms with van der Waals surface area (Å²) >= 11 is 0. The quantitative estimate of drug-likeness (QED) is 0.932. The summed E-state index contributed by atoms with van der Waals surface area (Å²) < 4.78 is 0. The summed E-state index contributed by atoms with van der Waals surface area (Å²) in [6, 6.07) is 6.12. The maximum absolute atomic E-state index is 12.6. The van der Waals surface area contributed by atoms with Crippen LogP contribution in [0.4, 0.5) is 0 Å². The van der Waals surface area contributed by atoms with Crippen LogP contribution in [-0.2, 0) is 4.79 Å². The fourth-order valence-electron chi connectivity index (χ4n) is 3.27. The van der Waals surface area contributed by atoms with E-state index in [0.29, 0.717) is 0 Å². The summed E-state index contributed by atoms with van der Waals surface area (Å²) in [5.41, 5.74) is 3.13. The number of nitrogens with one attached hydrogen (secondary N) is 1. The molecule has 0 spiro atoms. The van der Waals surface area contributed by atoms with E-state index in [1.54, 1.807) is 0 Å². The summed E-state index contributed by atoms with van der Waals surface area (Å²) in [5, 5.41) is 3.16. The van der Waals surface area contributed by atoms with Crippen molar-refractivity contribution >= 4 is 11.8 Å². The molecule has 1 aromatic carbocycles. The molecule has 1 heterocycles. The van der Waals surface area contributed by atoms with Crippen LogP contribution in [0.5, 0.6) is 0 Å². The number of benzene rings is 1. The van der Waals surface area contributed by atoms with Crippen molar-refractivity contribution in [3.63, 3.8) is 0 Å². The smallest absolute Gasteiger partial charge is 0.253 e. The molecule has 0 bridgehead atoms. The second kappa shape index (κ2) is 6.73. The van der Waals surface area contributed by atoms with Crippen molar-refractivity contribution in [2.24, 2.45) is 5.92 Å². The average molecular weight is 314 g/mol. The monoisotopic (exact) mass is 314 g/mol. The van der Waals surface area contributed by atoms with Crippen LogP contribution in [0.1, 0.15) is 53.6 Å². The predicted molar refractivity (Wildman–Crippen MR) is 90.3 cm³/mol. The first-order valence-corrected chi connectivity index (χ1v) is 8.71. The van der Waals surface area contributed by atoms with Crippen molar-refractivity contribution in [1.29, 1.82) is 0 Å². The minimum atomic E-state index is 0.108. The molecule has 4 heteroatoms. The van der Waals surface area contributed by atoms with Gasteiger partial charge in [-0.05, 0) is 62.8 Å². The Labute approximate surface area is 138 Å². The first-order chi connectivity index (χ1) is 11.0. The average Bonchev–Trinajstić information content (AvgIpc) is 2.48. The van der Waals surface area contributed by atoms with Crippen molar-refractivity contribution in [3.8, 4) is 0 Å². The molecule has 1 saturated carbocycles. The summed E-state index contributed by atoms with van der Waals surface area (Å²) in [6.45, 7) is 5.54. The van der Waals surface area contributed by atoms with Crippen LogP contribution in [0.2, 0.25) is 0 Å². The molecule has 3 rings (SSSR count). The number of hydrogen-bond donors (Lipinski definition) is 1. The number of aryl methyl sites for hydroxylation is 2. The van der Waals surface area contributed by atoms with Crippen molar-refractivity contribution in [2.75, 3.05) is 13.1 Å². The van der Waals surface area contributed by atoms with Gasteiger partial charge in [0.25, 0.3) is 5.91 Å². The Balaban J connectivity index is 1.52. The van der Waals surface area contributed by atoms with Gasteiger partial charge in [-0.15, -0.1) is 0 Å². The molecule has 1 aromatic rings. The molecule has 1 saturated heterocycles. The summed E-state index contributed by atoms with van der Waals surface area (Å²) in [7, 11) is 0. The Morgan fingerprint density at radius 2 is 1.74 bits per heavy atom. The Kier molecular flexibility index (Phi) is 4.69. The van der Waals surface area contributed by atoms with Crippen LogP contribution in [0.25, 0.3) is 0 Å². The van der Waals surface area contributed by atoms with Gasteiger partial charge in [0.2, 0.25) is 5.91 Å². The highest BCUT2D eigenvalue weighted by Gasteiger charge is 2.29. The maximum Gasteiger partial charge on any atom is 0.253 e. The summed E-state index contributed by atoms with van der Waals surface area (Å²) in [6.07, 6.45) is 4.97. The zero-order valence-electron chi connectivity index (χ0n) is 14.1. The minimum Gasteiger partial charge on any atom is -0.353 e. The molecule has 0 atom stereocenters. The molecule has 1 N–H and O–H groups in total. The van der Waals surface area contributed by atoms with Gasteiger partial charge >= 0.3 is 0 Å². The molecule has 4 nitrogen and oxygen atoms in total. The predicted octanol–water partition coefficient (Wildman–Crippen LogP) is 2.82. The van der Waals surface area contributed by atoms with E-state index in [4.69, 9.17) is 0 Å². The van der Waals surface area contributed by atoms with Gasteiger partial charge in [-0.1, -0.05) is 12.5 Å². The van der Waals surface area contributed by atoms with Gasteiger partial charge in [-0.3, -0.25) is 9.59 Å². The van der Waals surface area contributed by atoms with E-state index in [-0.39, 0.29) is 23.8 Å². The molecule has 1 aliphatic carbocycles. The molecule has 23 heavy (non-hydrogen) atoms. The van der Waals surface area contributed by atoms with E-state index in [2.05, 4.69) is 12.2 Å². The highest BCUT2D eigenvalue weighted by molar-refractivity contribution is 5.94. The maximum atomic E-state index is 12.6. The minimum absolute atomic E-state index is 0.108. The van der Waals surface area contributed by atoms with E-state index in [9.17, 15) is 9.59 Å². The molecule has 0 aromatic heterocycles. The third kappa shape index (κ3) is 3.57. The highest BCUT2D eigenvalue weighted by Crippen LogP contribution is 2.27. The van der Waals surface area contributed by atoms with Crippen molar-refractivity contribution in [1.82, 2.24) is 10.2 Å². The van der Waals surface area contributed by atoms with E-state index < -0.39 is 0 Å². The van der Waals surface area contributed by atoms with Crippen molar-refractivity contribution in [2.45, 2.75) is 52.0 Å². The number of amides is 2. The zero-order chi connectivity index (χ0) is 16.4. The number of likely N-dealkylation sites (tertiary alicyclic amines) is 1. The van der Waals surface area contributed by atoms with Gasteiger partial charge in [-0.25, -0.2) is 0 Å². The molecular formula is C19H26N2O2. The summed E-state index contributed by atoms with van der Waals surface area (Å²) in [5.74, 6) is 0.567. The van der Waals surface area contributed by atoms with Crippen LogP contribution < -0.4 is 5.32 Å². The topological polar surface area (TPSA) is 49.4 Å². The van der Waals surface area contributed by atoms with Crippen LogP contribution in [0.15, 0.2) is 18.2 Å². The van der Waals surface area contributed by atoms with Gasteiger partial charge in [0.05, 0.1) is 0 Å². The Morgan fingerprint density at radius 1 is 1.04 bits per heavy atom. The first kappa shape index (κ1) is 16.0. The lowest BCUT2D eigenvalue weighted by molar-refractivity contribution is -0.128. The largest absolute Gasteiger partial charge is 0.353 e. The third-order valence-electron chi connectivity index (χ3n) is 5.36. The van der Waals surface area contributed by atoms with Crippen LogP contribution >= 0.6 is 0 Å². The number of rotatable bonds is 3. The van der Waals surface area contributed by atoms with E-state index in [1.807, 2.05) is 30.0 Å². The Morgan fingerprint density at radius 3 is 2.30 bits per heavy atom. The lowest BCUT2D eigenvalue weighted by Crippen LogP contribution is -2.48. The zero-order valence-corrected chi connectivity index (χ0v) is 14.1. The fraction of sp³-hybridized carbons (Fsp3) is 0.579. The fourth-order valence-corrected chi connectivity index (χ4v) is 3.27. The number of piperidine rings is 1. The number of nitrogens with zero attached hydrogens (tertiary/aromatic N) is 1. The van der Waals surface area contributed by atoms with Gasteiger partial charge in [-0.2, -0.15) is 0 Å². The molecule has 2 fully saturated rings.